The molecule has 3 N–H and O–H groups in total. The van der Waals surface area contributed by atoms with Crippen molar-refractivity contribution in [1.82, 2.24) is 20.2 Å². The van der Waals surface area contributed by atoms with Crippen molar-refractivity contribution in [2.45, 2.75) is 39.4 Å². The molecule has 5 rings (SSSR count). The molecule has 0 saturated carbocycles. The van der Waals surface area contributed by atoms with Crippen molar-refractivity contribution < 1.29 is 18.0 Å². The van der Waals surface area contributed by atoms with E-state index in [1.807, 2.05) is 61.5 Å². The molecule has 3 heterocycles. The van der Waals surface area contributed by atoms with Crippen molar-refractivity contribution in [2.24, 2.45) is 0 Å². The van der Waals surface area contributed by atoms with E-state index in [2.05, 4.69) is 26.7 Å². The zero-order chi connectivity index (χ0) is 27.8. The number of rotatable bonds is 7. The highest BCUT2D eigenvalue weighted by atomic mass is 19.4. The summed E-state index contributed by atoms with van der Waals surface area (Å²) in [6.45, 7) is 7.17. The van der Waals surface area contributed by atoms with Gasteiger partial charge in [0, 0.05) is 68.2 Å². The third-order valence-corrected chi connectivity index (χ3v) is 6.63. The standard InChI is InChI=1S/C28H28F3N5O.C2H6/c29-28(30,31)25-16-24(7-6-22(25)18-36-13-11-32-12-14-36)35-26(37)8-3-19-1-4-20(5-2-19)23-15-21-9-10-33-27(21)34-17-23;1-2/h1-2,4-7,9-10,15-17,32H,3,8,11-14,18H2,(H,33,34)(H,35,37);1-2H3. The maximum absolute atomic E-state index is 13.8. The number of fused-ring (bicyclic) bond motifs is 1. The Kier molecular flexibility index (Phi) is 9.37. The van der Waals surface area contributed by atoms with Crippen LogP contribution in [0.4, 0.5) is 18.9 Å². The molecule has 0 bridgehead atoms. The van der Waals surface area contributed by atoms with Crippen LogP contribution in [0, 0.1) is 0 Å². The number of pyridine rings is 1. The van der Waals surface area contributed by atoms with Crippen LogP contribution in [0.2, 0.25) is 0 Å². The SMILES string of the molecule is CC.O=C(CCc1ccc(-c2cnc3[nH]ccc3c2)cc1)Nc1ccc(CN2CCNCC2)c(C(F)(F)F)c1. The number of aryl methyl sites for hydroxylation is 1. The number of aromatic nitrogens is 2. The predicted molar refractivity (Wildman–Crippen MR) is 149 cm³/mol. The largest absolute Gasteiger partial charge is 0.416 e. The van der Waals surface area contributed by atoms with Gasteiger partial charge in [-0.25, -0.2) is 4.98 Å². The van der Waals surface area contributed by atoms with Gasteiger partial charge in [0.1, 0.15) is 5.65 Å². The molecule has 39 heavy (non-hydrogen) atoms. The Hall–Kier alpha value is -3.69. The lowest BCUT2D eigenvalue weighted by Gasteiger charge is -2.28. The number of nitrogens with one attached hydrogen (secondary N) is 3. The number of piperazine rings is 1. The number of aromatic amines is 1. The number of halogens is 3. The molecule has 2 aromatic carbocycles. The molecule has 0 unspecified atom stereocenters. The molecule has 0 radical (unpaired) electrons. The zero-order valence-corrected chi connectivity index (χ0v) is 22.2. The first-order valence-corrected chi connectivity index (χ1v) is 13.3. The predicted octanol–water partition coefficient (Wildman–Crippen LogP) is 6.25. The number of nitrogens with zero attached hydrogens (tertiary/aromatic N) is 2. The Labute approximate surface area is 226 Å². The summed E-state index contributed by atoms with van der Waals surface area (Å²) in [5, 5.41) is 6.86. The summed E-state index contributed by atoms with van der Waals surface area (Å²) < 4.78 is 41.3. The molecular weight excluding hydrogens is 503 g/mol. The molecule has 9 heteroatoms. The molecule has 6 nitrogen and oxygen atoms in total. The van der Waals surface area contributed by atoms with Crippen LogP contribution in [-0.4, -0.2) is 47.0 Å². The Morgan fingerprint density at radius 2 is 1.74 bits per heavy atom. The highest BCUT2D eigenvalue weighted by molar-refractivity contribution is 5.91. The minimum absolute atomic E-state index is 0.157. The van der Waals surface area contributed by atoms with E-state index in [-0.39, 0.29) is 30.1 Å². The van der Waals surface area contributed by atoms with Gasteiger partial charge in [0.15, 0.2) is 0 Å². The maximum atomic E-state index is 13.8. The number of amides is 1. The molecule has 0 spiro atoms. The van der Waals surface area contributed by atoms with E-state index < -0.39 is 11.7 Å². The van der Waals surface area contributed by atoms with Gasteiger partial charge in [-0.3, -0.25) is 9.69 Å². The molecule has 4 aromatic rings. The first-order chi connectivity index (χ1) is 18.8. The van der Waals surface area contributed by atoms with Gasteiger partial charge < -0.3 is 15.6 Å². The monoisotopic (exact) mass is 537 g/mol. The third-order valence-electron chi connectivity index (χ3n) is 6.63. The van der Waals surface area contributed by atoms with Gasteiger partial charge in [-0.1, -0.05) is 44.2 Å². The molecule has 1 saturated heterocycles. The van der Waals surface area contributed by atoms with Gasteiger partial charge >= 0.3 is 6.18 Å². The molecule has 0 atom stereocenters. The minimum atomic E-state index is -4.49. The summed E-state index contributed by atoms with van der Waals surface area (Å²) in [5.74, 6) is -0.325. The van der Waals surface area contributed by atoms with E-state index in [1.165, 1.54) is 6.07 Å². The quantitative estimate of drug-likeness (QED) is 0.261. The molecular formula is C30H34F3N5O. The fourth-order valence-electron chi connectivity index (χ4n) is 4.61. The van der Waals surface area contributed by atoms with E-state index in [0.29, 0.717) is 19.5 Å². The third kappa shape index (κ3) is 7.46. The number of anilines is 1. The van der Waals surface area contributed by atoms with Crippen LogP contribution in [-0.2, 0) is 23.9 Å². The lowest BCUT2D eigenvalue weighted by Crippen LogP contribution is -2.43. The Morgan fingerprint density at radius 1 is 1.00 bits per heavy atom. The summed E-state index contributed by atoms with van der Waals surface area (Å²) in [6.07, 6.45) is -0.186. The fourth-order valence-corrected chi connectivity index (χ4v) is 4.61. The van der Waals surface area contributed by atoms with Crippen molar-refractivity contribution in [2.75, 3.05) is 31.5 Å². The first-order valence-electron chi connectivity index (χ1n) is 13.3. The van der Waals surface area contributed by atoms with Crippen LogP contribution >= 0.6 is 0 Å². The highest BCUT2D eigenvalue weighted by Crippen LogP contribution is 2.34. The smallest absolute Gasteiger partial charge is 0.346 e. The average molecular weight is 538 g/mol. The lowest BCUT2D eigenvalue weighted by atomic mass is 10.0. The van der Waals surface area contributed by atoms with E-state index >= 15 is 0 Å². The number of carbonyl (C=O) groups excluding carboxylic acids is 1. The number of alkyl halides is 3. The topological polar surface area (TPSA) is 73.0 Å². The molecule has 0 aliphatic carbocycles. The number of H-pyrrole nitrogens is 1. The van der Waals surface area contributed by atoms with Gasteiger partial charge in [-0.15, -0.1) is 0 Å². The number of benzene rings is 2. The Balaban J connectivity index is 0.00000172. The normalized spacial score (nSPS) is 14.1. The van der Waals surface area contributed by atoms with E-state index in [9.17, 15) is 18.0 Å². The minimum Gasteiger partial charge on any atom is -0.346 e. The fraction of sp³-hybridized carbons (Fsp3) is 0.333. The Morgan fingerprint density at radius 3 is 2.46 bits per heavy atom. The summed E-state index contributed by atoms with van der Waals surface area (Å²) in [7, 11) is 0. The van der Waals surface area contributed by atoms with E-state index in [1.54, 1.807) is 6.07 Å². The summed E-state index contributed by atoms with van der Waals surface area (Å²) in [5.41, 5.74) is 3.50. The highest BCUT2D eigenvalue weighted by Gasteiger charge is 2.34. The van der Waals surface area contributed by atoms with Gasteiger partial charge in [0.2, 0.25) is 5.91 Å². The van der Waals surface area contributed by atoms with Crippen molar-refractivity contribution in [3.63, 3.8) is 0 Å². The average Bonchev–Trinajstić information content (AvgIpc) is 3.42. The summed E-state index contributed by atoms with van der Waals surface area (Å²) in [4.78, 5) is 22.0. The van der Waals surface area contributed by atoms with E-state index in [4.69, 9.17) is 0 Å². The molecule has 206 valence electrons. The zero-order valence-electron chi connectivity index (χ0n) is 22.2. The molecule has 2 aromatic heterocycles. The molecule has 1 aliphatic heterocycles. The van der Waals surface area contributed by atoms with Crippen LogP contribution in [0.25, 0.3) is 22.2 Å². The number of carbonyl (C=O) groups is 1. The molecule has 1 amide bonds. The van der Waals surface area contributed by atoms with Crippen LogP contribution < -0.4 is 10.6 Å². The lowest BCUT2D eigenvalue weighted by molar-refractivity contribution is -0.138. The Bertz CT molecular complexity index is 1380. The van der Waals surface area contributed by atoms with Crippen LogP contribution in [0.5, 0.6) is 0 Å². The van der Waals surface area contributed by atoms with Crippen molar-refractivity contribution in [1.29, 1.82) is 0 Å². The number of hydrogen-bond donors (Lipinski definition) is 3. The van der Waals surface area contributed by atoms with Gasteiger partial charge in [-0.05, 0) is 47.4 Å². The van der Waals surface area contributed by atoms with Gasteiger partial charge in [-0.2, -0.15) is 13.2 Å². The van der Waals surface area contributed by atoms with E-state index in [0.717, 1.165) is 46.9 Å². The van der Waals surface area contributed by atoms with Gasteiger partial charge in [0.05, 0.1) is 5.56 Å². The second-order valence-corrected chi connectivity index (χ2v) is 9.28. The van der Waals surface area contributed by atoms with Crippen LogP contribution in [0.3, 0.4) is 0 Å². The van der Waals surface area contributed by atoms with Crippen molar-refractivity contribution >= 4 is 22.6 Å². The first kappa shape index (κ1) is 28.3. The molecule has 1 aliphatic rings. The van der Waals surface area contributed by atoms with Crippen LogP contribution in [0.1, 0.15) is 37.0 Å². The van der Waals surface area contributed by atoms with Crippen molar-refractivity contribution in [3.8, 4) is 11.1 Å². The van der Waals surface area contributed by atoms with Gasteiger partial charge in [0.25, 0.3) is 0 Å². The maximum Gasteiger partial charge on any atom is 0.416 e. The van der Waals surface area contributed by atoms with Crippen molar-refractivity contribution in [3.05, 3.63) is 83.7 Å². The summed E-state index contributed by atoms with van der Waals surface area (Å²) >= 11 is 0. The summed E-state index contributed by atoms with van der Waals surface area (Å²) in [6, 6.07) is 16.0. The second-order valence-electron chi connectivity index (χ2n) is 9.28. The second kappa shape index (κ2) is 12.9. The number of hydrogen-bond acceptors (Lipinski definition) is 4. The van der Waals surface area contributed by atoms with Crippen LogP contribution in [0.15, 0.2) is 67.0 Å². The molecule has 1 fully saturated rings.